The van der Waals surface area contributed by atoms with Crippen LogP contribution in [0.2, 0.25) is 0 Å². The molecule has 0 amide bonds. The van der Waals surface area contributed by atoms with Crippen LogP contribution in [0.1, 0.15) is 118 Å². The number of hydrogen-bond acceptors (Lipinski definition) is 9. The summed E-state index contributed by atoms with van der Waals surface area (Å²) in [5.74, 6) is -1.44. The van der Waals surface area contributed by atoms with E-state index in [0.29, 0.717) is 23.9 Å². The zero-order chi connectivity index (χ0) is 64.5. The summed E-state index contributed by atoms with van der Waals surface area (Å²) in [6.45, 7) is -0.313. The standard InChI is InChI=1S/C44H36N2O2.C38H34N2O5S/c47-44(48)30-45-27-26-35(37-14-7-8-16-41(37)45)22-18-31-21-25-43-40(29-31)38-15-9-17-42(38)46(43)36-23-19-32(20-24-36)28-39(33-10-3-1-4-11-33)34-12-5-2-6-13-34;39-26-31(38(41)45-21-8-22-46(42,43)44)23-28-17-20-37-35(25-28)33-13-7-14-36(33)40(37)32-18-15-27(16-19-32)24-34(29-9-3-1-4-10-29)30-11-5-2-6-12-30/h1-8,10-14,16,18-29,38,42H,9,15,17,30H2;1-6,9-12,15-20,23-25,33,36H,7-8,13-14,21-22H2,(H,42,43,44)/b;31-23+. The van der Waals surface area contributed by atoms with Crippen molar-refractivity contribution in [1.82, 2.24) is 0 Å². The van der Waals surface area contributed by atoms with Gasteiger partial charge in [0.15, 0.2) is 6.20 Å². The minimum Gasteiger partial charge on any atom is -0.748 e. The maximum atomic E-state index is 12.5. The second-order valence-corrected chi connectivity index (χ2v) is 25.9. The second-order valence-electron chi connectivity index (χ2n) is 24.4. The van der Waals surface area contributed by atoms with Crippen LogP contribution in [0.5, 0.6) is 0 Å². The number of rotatable bonds is 18. The summed E-state index contributed by atoms with van der Waals surface area (Å²) in [6, 6.07) is 85.4. The van der Waals surface area contributed by atoms with Gasteiger partial charge in [0.2, 0.25) is 12.1 Å². The number of pyridine rings is 1. The molecule has 4 aliphatic rings. The number of para-hydroxylation sites is 1. The Morgan fingerprint density at radius 3 is 1.49 bits per heavy atom. The topological polar surface area (TPSA) is 155 Å². The van der Waals surface area contributed by atoms with E-state index in [1.807, 2.05) is 54.7 Å². The van der Waals surface area contributed by atoms with E-state index in [0.717, 1.165) is 74.9 Å². The lowest BCUT2D eigenvalue weighted by Gasteiger charge is -2.27. The van der Waals surface area contributed by atoms with Gasteiger partial charge in [-0.3, -0.25) is 0 Å². The van der Waals surface area contributed by atoms with Crippen LogP contribution in [0, 0.1) is 11.3 Å². The summed E-state index contributed by atoms with van der Waals surface area (Å²) in [6.07, 6.45) is 19.0. The van der Waals surface area contributed by atoms with E-state index in [9.17, 15) is 32.9 Å². The fourth-order valence-corrected chi connectivity index (χ4v) is 14.7. The Balaban J connectivity index is 0.000000171. The van der Waals surface area contributed by atoms with E-state index in [2.05, 4.69) is 228 Å². The van der Waals surface area contributed by atoms with Gasteiger partial charge in [0, 0.05) is 64.6 Å². The number of anilines is 4. The van der Waals surface area contributed by atoms with Crippen LogP contribution < -0.4 is 14.4 Å². The van der Waals surface area contributed by atoms with Crippen LogP contribution in [0.3, 0.4) is 0 Å². The first kappa shape index (κ1) is 62.1. The zero-order valence-electron chi connectivity index (χ0n) is 52.0. The summed E-state index contributed by atoms with van der Waals surface area (Å²) in [5, 5.41) is 20.0. The van der Waals surface area contributed by atoms with Gasteiger partial charge in [0.05, 0.1) is 22.1 Å². The molecule has 12 heteroatoms. The summed E-state index contributed by atoms with van der Waals surface area (Å²) >= 11 is 0. The molecule has 466 valence electrons. The predicted molar refractivity (Wildman–Crippen MR) is 375 cm³/mol. The molecular formula is C82H70N4O7S. The summed E-state index contributed by atoms with van der Waals surface area (Å²) < 4.78 is 39.2. The van der Waals surface area contributed by atoms with Crippen molar-refractivity contribution < 1.29 is 37.0 Å². The van der Waals surface area contributed by atoms with Crippen LogP contribution in [-0.4, -0.2) is 54.5 Å². The van der Waals surface area contributed by atoms with Gasteiger partial charge < -0.3 is 24.2 Å². The molecule has 4 unspecified atom stereocenters. The third-order valence-electron chi connectivity index (χ3n) is 18.5. The number of carbonyl (C=O) groups is 2. The summed E-state index contributed by atoms with van der Waals surface area (Å²) in [7, 11) is -4.39. The Labute approximate surface area is 549 Å². The minimum absolute atomic E-state index is 0.0593. The molecule has 14 rings (SSSR count). The number of aromatic nitrogens is 1. The Bertz CT molecular complexity index is 4620. The lowest BCUT2D eigenvalue weighted by molar-refractivity contribution is -0.660. The van der Waals surface area contributed by atoms with Gasteiger partial charge in [-0.2, -0.15) is 9.83 Å². The molecule has 94 heavy (non-hydrogen) atoms. The quantitative estimate of drug-likeness (QED) is 0.0167. The van der Waals surface area contributed by atoms with Crippen molar-refractivity contribution in [3.05, 3.63) is 310 Å². The number of esters is 1. The normalized spacial score (nSPS) is 16.9. The molecule has 2 aliphatic carbocycles. The van der Waals surface area contributed by atoms with Gasteiger partial charge >= 0.3 is 11.9 Å². The maximum Gasteiger partial charge on any atom is 0.370 e. The van der Waals surface area contributed by atoms with E-state index in [1.165, 1.54) is 75.7 Å². The van der Waals surface area contributed by atoms with Gasteiger partial charge in [0.25, 0.3) is 0 Å². The molecule has 0 spiro atoms. The molecule has 9 aromatic carbocycles. The Morgan fingerprint density at radius 1 is 0.553 bits per heavy atom. The molecule has 2 aliphatic heterocycles. The van der Waals surface area contributed by atoms with Gasteiger partial charge in [-0.15, -0.1) is 0 Å². The third kappa shape index (κ3) is 13.9. The molecule has 0 saturated heterocycles. The van der Waals surface area contributed by atoms with Crippen LogP contribution in [0.25, 0.3) is 52.4 Å². The number of nitrogens with zero attached hydrogens (tertiary/aromatic N) is 4. The number of fused-ring (bicyclic) bond motifs is 7. The predicted octanol–water partition coefficient (Wildman–Crippen LogP) is 17.2. The van der Waals surface area contributed by atoms with Gasteiger partial charge in [-0.25, -0.2) is 18.0 Å². The van der Waals surface area contributed by atoms with Crippen molar-refractivity contribution in [3.8, 4) is 6.07 Å². The Kier molecular flexibility index (Phi) is 18.5. The van der Waals surface area contributed by atoms with Crippen LogP contribution >= 0.6 is 0 Å². The first-order chi connectivity index (χ1) is 45.9. The van der Waals surface area contributed by atoms with Gasteiger partial charge in [-0.1, -0.05) is 195 Å². The Morgan fingerprint density at radius 2 is 1.01 bits per heavy atom. The van der Waals surface area contributed by atoms with E-state index < -0.39 is 27.8 Å². The monoisotopic (exact) mass is 1250 g/mol. The summed E-state index contributed by atoms with van der Waals surface area (Å²) in [5.41, 5.74) is 20.6. The number of benzene rings is 9. The lowest BCUT2D eigenvalue weighted by Crippen LogP contribution is -2.38. The lowest BCUT2D eigenvalue weighted by atomic mass is 9.95. The average molecular weight is 1260 g/mol. The van der Waals surface area contributed by atoms with Crippen LogP contribution in [0.15, 0.2) is 248 Å². The highest BCUT2D eigenvalue weighted by atomic mass is 32.2. The zero-order valence-corrected chi connectivity index (χ0v) is 52.8. The van der Waals surface area contributed by atoms with Crippen LogP contribution in [-0.2, 0) is 31.0 Å². The molecule has 11 nitrogen and oxygen atoms in total. The molecule has 10 aromatic rings. The highest BCUT2D eigenvalue weighted by Crippen LogP contribution is 2.54. The van der Waals surface area contributed by atoms with Crippen molar-refractivity contribution in [2.75, 3.05) is 22.2 Å². The first-order valence-corrected chi connectivity index (χ1v) is 33.8. The molecule has 0 radical (unpaired) electrons. The highest BCUT2D eigenvalue weighted by molar-refractivity contribution is 7.85. The van der Waals surface area contributed by atoms with Crippen LogP contribution in [0.4, 0.5) is 22.7 Å². The number of aliphatic carboxylic acids is 1. The minimum atomic E-state index is -4.39. The molecular weight excluding hydrogens is 1180 g/mol. The van der Waals surface area contributed by atoms with Crippen molar-refractivity contribution >= 4 is 97.2 Å². The number of carboxylic acids is 1. The average Bonchev–Trinajstić information content (AvgIpc) is 1.60. The van der Waals surface area contributed by atoms with Crippen molar-refractivity contribution in [1.29, 1.82) is 5.26 Å². The molecule has 1 N–H and O–H groups in total. The molecule has 4 atom stereocenters. The summed E-state index contributed by atoms with van der Waals surface area (Å²) in [4.78, 5) is 28.9. The van der Waals surface area contributed by atoms with Crippen molar-refractivity contribution in [2.24, 2.45) is 0 Å². The fourth-order valence-electron chi connectivity index (χ4n) is 14.3. The van der Waals surface area contributed by atoms with Gasteiger partial charge in [-0.05, 0) is 177 Å². The smallest absolute Gasteiger partial charge is 0.370 e. The van der Waals surface area contributed by atoms with E-state index >= 15 is 0 Å². The number of hydrogen-bond donors (Lipinski definition) is 1. The molecule has 1 aromatic heterocycles. The SMILES string of the molecule is N#C/C(=C\c1ccc2c(c1)C1CCCC1N2c1ccc(C=C(c2ccccc2)c2ccccc2)cc1)C(=O)OCCCS(=O)(=O)[O-].O=C(O)C[n+]1ccc(/C=C/c2ccc3c(c2)C2CCCC2N3c2ccc(C=C(c3ccccc3)c3ccccc3)cc2)c2ccccc21. The number of ether oxygens (including phenoxy) is 1. The molecule has 0 bridgehead atoms. The fraction of sp³-hybridized carbons (Fsp3) is 0.171. The third-order valence-corrected chi connectivity index (χ3v) is 19.3. The molecule has 2 fully saturated rings. The first-order valence-electron chi connectivity index (χ1n) is 32.2. The largest absolute Gasteiger partial charge is 0.748 e. The number of nitriles is 1. The number of carbonyl (C=O) groups excluding carboxylic acids is 1. The van der Waals surface area contributed by atoms with E-state index in [-0.39, 0.29) is 25.1 Å². The number of carboxylic acid groups (broad SMARTS) is 1. The van der Waals surface area contributed by atoms with Gasteiger partial charge in [0.1, 0.15) is 11.6 Å². The van der Waals surface area contributed by atoms with Crippen molar-refractivity contribution in [2.45, 2.75) is 75.4 Å². The van der Waals surface area contributed by atoms with Crippen molar-refractivity contribution in [3.63, 3.8) is 0 Å². The Hall–Kier alpha value is -10.7. The van der Waals surface area contributed by atoms with E-state index in [1.54, 1.807) is 4.57 Å². The van der Waals surface area contributed by atoms with E-state index in [4.69, 9.17) is 4.74 Å². The molecule has 3 heterocycles. The highest BCUT2D eigenvalue weighted by Gasteiger charge is 2.43. The second kappa shape index (κ2) is 28.0. The maximum absolute atomic E-state index is 12.5. The molecule has 2 saturated carbocycles.